The highest BCUT2D eigenvalue weighted by molar-refractivity contribution is 6.04. The van der Waals surface area contributed by atoms with Gasteiger partial charge in [0.1, 0.15) is 5.82 Å². The van der Waals surface area contributed by atoms with Crippen molar-refractivity contribution in [2.45, 2.75) is 26.2 Å². The number of aryl methyl sites for hydroxylation is 3. The Morgan fingerprint density at radius 3 is 2.70 bits per heavy atom. The first kappa shape index (κ1) is 12.9. The molecule has 2 aromatic rings. The standard InChI is InChI=1S/C17H16FNO/c1-11-9-15(18)7-8-16(11)19-17(20)14-6-5-12-3-2-4-13(12)10-14/h5-10H,2-4H2,1H3,(H,19,20). The van der Waals surface area contributed by atoms with Crippen LogP contribution in [0.4, 0.5) is 10.1 Å². The molecular formula is C17H16FNO. The van der Waals surface area contributed by atoms with Crippen molar-refractivity contribution in [1.82, 2.24) is 0 Å². The Balaban J connectivity index is 1.82. The summed E-state index contributed by atoms with van der Waals surface area (Å²) in [5, 5.41) is 2.84. The zero-order valence-electron chi connectivity index (χ0n) is 11.4. The van der Waals surface area contributed by atoms with Gasteiger partial charge in [0, 0.05) is 11.3 Å². The Bertz CT molecular complexity index is 679. The molecule has 0 saturated heterocycles. The summed E-state index contributed by atoms with van der Waals surface area (Å²) >= 11 is 0. The molecule has 3 rings (SSSR count). The van der Waals surface area contributed by atoms with Crippen LogP contribution in [0.1, 0.15) is 33.5 Å². The first-order valence-corrected chi connectivity index (χ1v) is 6.83. The highest BCUT2D eigenvalue weighted by atomic mass is 19.1. The Morgan fingerprint density at radius 1 is 1.10 bits per heavy atom. The molecule has 0 aliphatic heterocycles. The minimum absolute atomic E-state index is 0.144. The molecule has 0 radical (unpaired) electrons. The van der Waals surface area contributed by atoms with Crippen LogP contribution in [0.15, 0.2) is 36.4 Å². The van der Waals surface area contributed by atoms with E-state index in [0.717, 1.165) is 24.8 Å². The van der Waals surface area contributed by atoms with Crippen molar-refractivity contribution in [3.05, 3.63) is 64.5 Å². The van der Waals surface area contributed by atoms with Gasteiger partial charge in [0.15, 0.2) is 0 Å². The van der Waals surface area contributed by atoms with Crippen molar-refractivity contribution in [3.8, 4) is 0 Å². The molecule has 0 heterocycles. The summed E-state index contributed by atoms with van der Waals surface area (Å²) in [5.41, 5.74) is 4.65. The van der Waals surface area contributed by atoms with E-state index < -0.39 is 0 Å². The molecule has 1 N–H and O–H groups in total. The van der Waals surface area contributed by atoms with E-state index in [9.17, 15) is 9.18 Å². The summed E-state index contributed by atoms with van der Waals surface area (Å²) in [5.74, 6) is -0.438. The van der Waals surface area contributed by atoms with Crippen molar-refractivity contribution in [2.24, 2.45) is 0 Å². The van der Waals surface area contributed by atoms with Crippen molar-refractivity contribution in [2.75, 3.05) is 5.32 Å². The molecular weight excluding hydrogens is 253 g/mol. The molecule has 1 aliphatic carbocycles. The number of rotatable bonds is 2. The van der Waals surface area contributed by atoms with Gasteiger partial charge < -0.3 is 5.32 Å². The number of amides is 1. The number of anilines is 1. The van der Waals surface area contributed by atoms with Crippen LogP contribution in [0.3, 0.4) is 0 Å². The number of benzene rings is 2. The van der Waals surface area contributed by atoms with Gasteiger partial charge in [0.05, 0.1) is 0 Å². The van der Waals surface area contributed by atoms with E-state index in [0.29, 0.717) is 11.3 Å². The van der Waals surface area contributed by atoms with Crippen molar-refractivity contribution >= 4 is 11.6 Å². The van der Waals surface area contributed by atoms with Crippen LogP contribution in [-0.2, 0) is 12.8 Å². The lowest BCUT2D eigenvalue weighted by Crippen LogP contribution is -2.13. The summed E-state index contributed by atoms with van der Waals surface area (Å²) in [4.78, 5) is 12.2. The Kier molecular flexibility index (Phi) is 3.26. The Labute approximate surface area is 117 Å². The molecule has 0 bridgehead atoms. The fourth-order valence-electron chi connectivity index (χ4n) is 2.67. The third-order valence-electron chi connectivity index (χ3n) is 3.80. The Morgan fingerprint density at radius 2 is 1.90 bits per heavy atom. The molecule has 2 nitrogen and oxygen atoms in total. The lowest BCUT2D eigenvalue weighted by atomic mass is 10.1. The molecule has 0 spiro atoms. The van der Waals surface area contributed by atoms with Gasteiger partial charge in [-0.25, -0.2) is 4.39 Å². The second-order valence-corrected chi connectivity index (χ2v) is 5.25. The quantitative estimate of drug-likeness (QED) is 0.880. The molecule has 0 fully saturated rings. The summed E-state index contributed by atoms with van der Waals surface area (Å²) < 4.78 is 13.0. The maximum Gasteiger partial charge on any atom is 0.255 e. The number of hydrogen-bond acceptors (Lipinski definition) is 1. The number of fused-ring (bicyclic) bond motifs is 1. The number of carbonyl (C=O) groups is 1. The predicted octanol–water partition coefficient (Wildman–Crippen LogP) is 3.88. The fraction of sp³-hybridized carbons (Fsp3) is 0.235. The van der Waals surface area contributed by atoms with Crippen LogP contribution in [-0.4, -0.2) is 5.91 Å². The molecule has 0 saturated carbocycles. The van der Waals surface area contributed by atoms with E-state index in [4.69, 9.17) is 0 Å². The van der Waals surface area contributed by atoms with Gasteiger partial charge in [0.2, 0.25) is 0 Å². The molecule has 0 atom stereocenters. The lowest BCUT2D eigenvalue weighted by molar-refractivity contribution is 0.102. The summed E-state index contributed by atoms with van der Waals surface area (Å²) in [7, 11) is 0. The number of nitrogens with one attached hydrogen (secondary N) is 1. The zero-order valence-corrected chi connectivity index (χ0v) is 11.4. The number of hydrogen-bond donors (Lipinski definition) is 1. The monoisotopic (exact) mass is 269 g/mol. The Hall–Kier alpha value is -2.16. The zero-order chi connectivity index (χ0) is 14.1. The minimum atomic E-state index is -0.293. The second-order valence-electron chi connectivity index (χ2n) is 5.25. The van der Waals surface area contributed by atoms with Gasteiger partial charge in [-0.1, -0.05) is 6.07 Å². The fourth-order valence-corrected chi connectivity index (χ4v) is 2.67. The van der Waals surface area contributed by atoms with Crippen LogP contribution in [0.2, 0.25) is 0 Å². The van der Waals surface area contributed by atoms with Gasteiger partial charge in [0.25, 0.3) is 5.91 Å². The third kappa shape index (κ3) is 2.44. The van der Waals surface area contributed by atoms with Crippen LogP contribution >= 0.6 is 0 Å². The maximum absolute atomic E-state index is 13.0. The van der Waals surface area contributed by atoms with Crippen LogP contribution in [0.5, 0.6) is 0 Å². The molecule has 0 unspecified atom stereocenters. The number of halogens is 1. The summed E-state index contributed by atoms with van der Waals surface area (Å²) in [6.45, 7) is 1.78. The average Bonchev–Trinajstić information content (AvgIpc) is 2.89. The third-order valence-corrected chi connectivity index (χ3v) is 3.80. The highest BCUT2D eigenvalue weighted by Gasteiger charge is 2.14. The number of carbonyl (C=O) groups excluding carboxylic acids is 1. The molecule has 20 heavy (non-hydrogen) atoms. The van der Waals surface area contributed by atoms with Crippen LogP contribution in [0.25, 0.3) is 0 Å². The molecule has 1 aliphatic rings. The minimum Gasteiger partial charge on any atom is -0.322 e. The predicted molar refractivity (Wildman–Crippen MR) is 77.6 cm³/mol. The molecule has 2 aromatic carbocycles. The highest BCUT2D eigenvalue weighted by Crippen LogP contribution is 2.23. The normalized spacial score (nSPS) is 13.1. The van der Waals surface area contributed by atoms with Gasteiger partial charge >= 0.3 is 0 Å². The average molecular weight is 269 g/mol. The van der Waals surface area contributed by atoms with E-state index in [1.165, 1.54) is 23.3 Å². The van der Waals surface area contributed by atoms with Gasteiger partial charge in [-0.15, -0.1) is 0 Å². The summed E-state index contributed by atoms with van der Waals surface area (Å²) in [6, 6.07) is 10.2. The van der Waals surface area contributed by atoms with E-state index in [1.54, 1.807) is 13.0 Å². The first-order chi connectivity index (χ1) is 9.63. The first-order valence-electron chi connectivity index (χ1n) is 6.83. The maximum atomic E-state index is 13.0. The smallest absolute Gasteiger partial charge is 0.255 e. The lowest BCUT2D eigenvalue weighted by Gasteiger charge is -2.09. The SMILES string of the molecule is Cc1cc(F)ccc1NC(=O)c1ccc2c(c1)CCC2. The van der Waals surface area contributed by atoms with E-state index in [2.05, 4.69) is 5.32 Å². The van der Waals surface area contributed by atoms with Crippen molar-refractivity contribution in [1.29, 1.82) is 0 Å². The van der Waals surface area contributed by atoms with Gasteiger partial charge in [-0.3, -0.25) is 4.79 Å². The van der Waals surface area contributed by atoms with E-state index >= 15 is 0 Å². The van der Waals surface area contributed by atoms with Gasteiger partial charge in [-0.05, 0) is 73.2 Å². The van der Waals surface area contributed by atoms with Gasteiger partial charge in [-0.2, -0.15) is 0 Å². The largest absolute Gasteiger partial charge is 0.322 e. The molecule has 102 valence electrons. The van der Waals surface area contributed by atoms with Crippen LogP contribution in [0, 0.1) is 12.7 Å². The van der Waals surface area contributed by atoms with E-state index in [1.807, 2.05) is 18.2 Å². The molecule has 3 heteroatoms. The summed E-state index contributed by atoms with van der Waals surface area (Å²) in [6.07, 6.45) is 3.32. The second kappa shape index (κ2) is 5.08. The topological polar surface area (TPSA) is 29.1 Å². The van der Waals surface area contributed by atoms with Crippen molar-refractivity contribution in [3.63, 3.8) is 0 Å². The molecule has 0 aromatic heterocycles. The van der Waals surface area contributed by atoms with E-state index in [-0.39, 0.29) is 11.7 Å². The van der Waals surface area contributed by atoms with Crippen LogP contribution < -0.4 is 5.32 Å². The molecule has 1 amide bonds. The van der Waals surface area contributed by atoms with Crippen molar-refractivity contribution < 1.29 is 9.18 Å².